The van der Waals surface area contributed by atoms with Crippen molar-refractivity contribution in [3.05, 3.63) is 35.9 Å². The Morgan fingerprint density at radius 3 is 2.90 bits per heavy atom. The summed E-state index contributed by atoms with van der Waals surface area (Å²) in [6.07, 6.45) is 1.12. The van der Waals surface area contributed by atoms with E-state index in [1.807, 2.05) is 25.1 Å². The Morgan fingerprint density at radius 2 is 2.15 bits per heavy atom. The average molecular weight is 290 g/mol. The van der Waals surface area contributed by atoms with Gasteiger partial charge >= 0.3 is 0 Å². The molecule has 2 aromatic rings. The summed E-state index contributed by atoms with van der Waals surface area (Å²) in [6, 6.07) is 10.4. The second-order valence-electron chi connectivity index (χ2n) is 4.93. The van der Waals surface area contributed by atoms with Gasteiger partial charge in [0.2, 0.25) is 0 Å². The third kappa shape index (κ3) is 3.95. The highest BCUT2D eigenvalue weighted by molar-refractivity contribution is 7.99. The van der Waals surface area contributed by atoms with Gasteiger partial charge in [-0.25, -0.2) is 4.98 Å². The maximum absolute atomic E-state index is 9.25. The van der Waals surface area contributed by atoms with Crippen LogP contribution in [0.3, 0.4) is 0 Å². The van der Waals surface area contributed by atoms with Gasteiger partial charge in [0, 0.05) is 17.2 Å². The van der Waals surface area contributed by atoms with E-state index in [1.54, 1.807) is 11.8 Å². The van der Waals surface area contributed by atoms with E-state index >= 15 is 0 Å². The summed E-state index contributed by atoms with van der Waals surface area (Å²) < 4.78 is 0. The lowest BCUT2D eigenvalue weighted by Crippen LogP contribution is -2.15. The Bertz CT molecular complexity index is 559. The lowest BCUT2D eigenvalue weighted by molar-refractivity contribution is 0.300. The molecule has 3 nitrogen and oxygen atoms in total. The summed E-state index contributed by atoms with van der Waals surface area (Å²) in [5.41, 5.74) is 2.22. The summed E-state index contributed by atoms with van der Waals surface area (Å²) in [5, 5.41) is 15.0. The van der Waals surface area contributed by atoms with E-state index in [0.717, 1.165) is 30.1 Å². The third-order valence-corrected chi connectivity index (χ3v) is 4.20. The number of thioether (sulfide) groups is 1. The van der Waals surface area contributed by atoms with Gasteiger partial charge in [0.15, 0.2) is 0 Å². The molecule has 1 atom stereocenters. The minimum absolute atomic E-state index is 0.161. The van der Waals surface area contributed by atoms with E-state index < -0.39 is 0 Å². The quantitative estimate of drug-likeness (QED) is 0.607. The minimum atomic E-state index is 0.161. The molecule has 1 unspecified atom stereocenters. The number of aromatic nitrogens is 1. The zero-order valence-corrected chi connectivity index (χ0v) is 12.9. The van der Waals surface area contributed by atoms with Crippen LogP contribution in [0.2, 0.25) is 0 Å². The molecule has 1 aromatic carbocycles. The van der Waals surface area contributed by atoms with Gasteiger partial charge in [0.05, 0.1) is 12.1 Å². The maximum Gasteiger partial charge on any atom is 0.102 e. The molecule has 0 spiro atoms. The molecule has 0 saturated carbocycles. The van der Waals surface area contributed by atoms with Gasteiger partial charge in [-0.05, 0) is 30.7 Å². The van der Waals surface area contributed by atoms with Gasteiger partial charge < -0.3 is 10.4 Å². The van der Waals surface area contributed by atoms with E-state index in [1.165, 1.54) is 10.9 Å². The number of nitrogens with zero attached hydrogens (tertiary/aromatic N) is 1. The van der Waals surface area contributed by atoms with Gasteiger partial charge in [-0.1, -0.05) is 32.0 Å². The third-order valence-electron chi connectivity index (χ3n) is 3.08. The molecule has 108 valence electrons. The molecule has 0 aliphatic carbocycles. The highest BCUT2D eigenvalue weighted by atomic mass is 32.2. The first-order valence-electron chi connectivity index (χ1n) is 7.11. The van der Waals surface area contributed by atoms with E-state index in [-0.39, 0.29) is 11.9 Å². The van der Waals surface area contributed by atoms with Crippen LogP contribution in [0, 0.1) is 0 Å². The smallest absolute Gasteiger partial charge is 0.102 e. The van der Waals surface area contributed by atoms with Crippen molar-refractivity contribution in [2.75, 3.05) is 13.2 Å². The Hall–Kier alpha value is -1.10. The van der Waals surface area contributed by atoms with Gasteiger partial charge in [-0.2, -0.15) is 0 Å². The second kappa shape index (κ2) is 7.62. The van der Waals surface area contributed by atoms with Crippen molar-refractivity contribution in [2.45, 2.75) is 37.1 Å². The molecule has 0 fully saturated rings. The number of aliphatic hydroxyl groups excluding tert-OH is 1. The molecular weight excluding hydrogens is 268 g/mol. The summed E-state index contributed by atoms with van der Waals surface area (Å²) in [4.78, 5) is 4.75. The number of rotatable bonds is 7. The molecule has 4 heteroatoms. The van der Waals surface area contributed by atoms with E-state index in [0.29, 0.717) is 0 Å². The second-order valence-corrected chi connectivity index (χ2v) is 6.36. The molecule has 1 aromatic heterocycles. The summed E-state index contributed by atoms with van der Waals surface area (Å²) in [7, 11) is 0. The lowest BCUT2D eigenvalue weighted by atomic mass is 10.1. The molecule has 0 aliphatic rings. The van der Waals surface area contributed by atoms with E-state index in [9.17, 15) is 5.11 Å². The molecule has 2 N–H and O–H groups in total. The van der Waals surface area contributed by atoms with Gasteiger partial charge in [-0.15, -0.1) is 11.8 Å². The molecule has 0 amide bonds. The topological polar surface area (TPSA) is 45.2 Å². The fraction of sp³-hybridized carbons (Fsp3) is 0.438. The molecular formula is C16H22N2OS. The fourth-order valence-corrected chi connectivity index (χ4v) is 2.89. The van der Waals surface area contributed by atoms with Crippen molar-refractivity contribution in [1.29, 1.82) is 0 Å². The van der Waals surface area contributed by atoms with Gasteiger partial charge in [0.1, 0.15) is 5.03 Å². The number of para-hydroxylation sites is 1. The summed E-state index contributed by atoms with van der Waals surface area (Å²) >= 11 is 1.64. The van der Waals surface area contributed by atoms with Crippen LogP contribution >= 0.6 is 11.8 Å². The Kier molecular flexibility index (Phi) is 5.83. The number of benzene rings is 1. The van der Waals surface area contributed by atoms with Gasteiger partial charge in [0.25, 0.3) is 0 Å². The Labute approximate surface area is 124 Å². The number of nitrogens with one attached hydrogen (secondary N) is 1. The minimum Gasteiger partial charge on any atom is -0.395 e. The number of aliphatic hydroxyl groups is 1. The van der Waals surface area contributed by atoms with Crippen molar-refractivity contribution < 1.29 is 5.11 Å². The van der Waals surface area contributed by atoms with Crippen molar-refractivity contribution in [3.63, 3.8) is 0 Å². The molecule has 1 heterocycles. The van der Waals surface area contributed by atoms with E-state index in [4.69, 9.17) is 4.98 Å². The Balaban J connectivity index is 2.31. The molecule has 0 radical (unpaired) electrons. The van der Waals surface area contributed by atoms with E-state index in [2.05, 4.69) is 24.4 Å². The standard InChI is InChI=1S/C16H22N2OS/c1-3-8-17-10-14-9-13-6-4-5-7-15(13)18-16(14)20-12(2)11-19/h4-7,9,12,17,19H,3,8,10-11H2,1-2H3. The SMILES string of the molecule is CCCNCc1cc2ccccc2nc1SC(C)CO. The summed E-state index contributed by atoms with van der Waals surface area (Å²) in [6.45, 7) is 6.18. The number of pyridine rings is 1. The normalized spacial score (nSPS) is 12.8. The lowest BCUT2D eigenvalue weighted by Gasteiger charge is -2.13. The number of hydrogen-bond donors (Lipinski definition) is 2. The molecule has 2 rings (SSSR count). The van der Waals surface area contributed by atoms with Crippen LogP contribution in [0.25, 0.3) is 10.9 Å². The predicted octanol–water partition coefficient (Wildman–Crippen LogP) is 3.21. The highest BCUT2D eigenvalue weighted by Gasteiger charge is 2.11. The number of hydrogen-bond acceptors (Lipinski definition) is 4. The van der Waals surface area contributed by atoms with Crippen LogP contribution in [-0.4, -0.2) is 28.5 Å². The van der Waals surface area contributed by atoms with Crippen molar-refractivity contribution in [3.8, 4) is 0 Å². The molecule has 0 saturated heterocycles. The number of fused-ring (bicyclic) bond motifs is 1. The molecule has 20 heavy (non-hydrogen) atoms. The van der Waals surface area contributed by atoms with Crippen LogP contribution in [0.4, 0.5) is 0 Å². The van der Waals surface area contributed by atoms with Crippen molar-refractivity contribution in [2.24, 2.45) is 0 Å². The predicted molar refractivity (Wildman–Crippen MR) is 86.1 cm³/mol. The molecule has 0 bridgehead atoms. The Morgan fingerprint density at radius 1 is 1.35 bits per heavy atom. The van der Waals surface area contributed by atoms with Crippen molar-refractivity contribution >= 4 is 22.7 Å². The van der Waals surface area contributed by atoms with Crippen LogP contribution in [0.5, 0.6) is 0 Å². The monoisotopic (exact) mass is 290 g/mol. The van der Waals surface area contributed by atoms with Crippen LogP contribution in [0.15, 0.2) is 35.4 Å². The highest BCUT2D eigenvalue weighted by Crippen LogP contribution is 2.28. The zero-order valence-electron chi connectivity index (χ0n) is 12.1. The summed E-state index contributed by atoms with van der Waals surface area (Å²) in [5.74, 6) is 0. The zero-order chi connectivity index (χ0) is 14.4. The first-order valence-corrected chi connectivity index (χ1v) is 7.99. The average Bonchev–Trinajstić information content (AvgIpc) is 2.47. The first kappa shape index (κ1) is 15.3. The van der Waals surface area contributed by atoms with Crippen LogP contribution in [0.1, 0.15) is 25.8 Å². The first-order chi connectivity index (χ1) is 9.74. The fourth-order valence-electron chi connectivity index (χ4n) is 2.00. The van der Waals surface area contributed by atoms with Crippen LogP contribution in [-0.2, 0) is 6.54 Å². The maximum atomic E-state index is 9.25. The largest absolute Gasteiger partial charge is 0.395 e. The van der Waals surface area contributed by atoms with Crippen molar-refractivity contribution in [1.82, 2.24) is 10.3 Å². The van der Waals surface area contributed by atoms with Gasteiger partial charge in [-0.3, -0.25) is 0 Å². The van der Waals surface area contributed by atoms with Crippen LogP contribution < -0.4 is 5.32 Å². The molecule has 0 aliphatic heterocycles.